The van der Waals surface area contributed by atoms with Crippen molar-refractivity contribution in [1.29, 1.82) is 0 Å². The number of rotatable bonds is 6. The Morgan fingerprint density at radius 1 is 1.27 bits per heavy atom. The predicted octanol–water partition coefficient (Wildman–Crippen LogP) is 4.80. The molecule has 0 fully saturated rings. The molecule has 0 bridgehead atoms. The van der Waals surface area contributed by atoms with Gasteiger partial charge in [0.05, 0.1) is 17.1 Å². The highest BCUT2D eigenvalue weighted by atomic mass is 35.5. The van der Waals surface area contributed by atoms with Crippen molar-refractivity contribution in [3.8, 4) is 22.6 Å². The van der Waals surface area contributed by atoms with Crippen molar-refractivity contribution in [2.24, 2.45) is 0 Å². The number of halogens is 1. The van der Waals surface area contributed by atoms with E-state index in [1.54, 1.807) is 18.2 Å². The van der Waals surface area contributed by atoms with Crippen LogP contribution < -0.4 is 4.74 Å². The summed E-state index contributed by atoms with van der Waals surface area (Å²) in [6, 6.07) is 9.25. The second-order valence-electron chi connectivity index (χ2n) is 4.78. The molecule has 22 heavy (non-hydrogen) atoms. The first-order chi connectivity index (χ1) is 10.5. The SMILES string of the molecule is CCCCOc1cc(O)ccc1-c1cccc(Cl)c1[N+](=O)[O-]. The van der Waals surface area contributed by atoms with Crippen LogP contribution in [0.3, 0.4) is 0 Å². The number of nitro benzene ring substituents is 1. The van der Waals surface area contributed by atoms with Gasteiger partial charge in [-0.2, -0.15) is 0 Å². The second kappa shape index (κ2) is 7.13. The monoisotopic (exact) mass is 321 g/mol. The van der Waals surface area contributed by atoms with Crippen LogP contribution in [0.1, 0.15) is 19.8 Å². The van der Waals surface area contributed by atoms with E-state index >= 15 is 0 Å². The van der Waals surface area contributed by atoms with Gasteiger partial charge in [-0.15, -0.1) is 0 Å². The van der Waals surface area contributed by atoms with Crippen molar-refractivity contribution >= 4 is 17.3 Å². The van der Waals surface area contributed by atoms with Gasteiger partial charge in [-0.25, -0.2) is 0 Å². The highest BCUT2D eigenvalue weighted by Gasteiger charge is 2.22. The van der Waals surface area contributed by atoms with E-state index in [9.17, 15) is 15.2 Å². The molecule has 0 aromatic heterocycles. The highest BCUT2D eigenvalue weighted by Crippen LogP contribution is 2.41. The third-order valence-electron chi connectivity index (χ3n) is 3.18. The molecule has 5 nitrogen and oxygen atoms in total. The zero-order valence-electron chi connectivity index (χ0n) is 12.1. The Morgan fingerprint density at radius 2 is 2.05 bits per heavy atom. The Bertz CT molecular complexity index is 688. The lowest BCUT2D eigenvalue weighted by molar-refractivity contribution is -0.384. The van der Waals surface area contributed by atoms with Gasteiger partial charge in [0.15, 0.2) is 0 Å². The van der Waals surface area contributed by atoms with Crippen LogP contribution in [0.4, 0.5) is 5.69 Å². The zero-order valence-corrected chi connectivity index (χ0v) is 12.8. The first kappa shape index (κ1) is 16.1. The van der Waals surface area contributed by atoms with Crippen LogP contribution in [-0.4, -0.2) is 16.6 Å². The molecule has 0 unspecified atom stereocenters. The maximum absolute atomic E-state index is 11.3. The average Bonchev–Trinajstić information content (AvgIpc) is 2.47. The molecule has 6 heteroatoms. The van der Waals surface area contributed by atoms with Crippen LogP contribution in [-0.2, 0) is 0 Å². The smallest absolute Gasteiger partial charge is 0.295 e. The minimum absolute atomic E-state index is 0.0416. The Hall–Kier alpha value is -2.27. The molecule has 0 heterocycles. The third kappa shape index (κ3) is 3.49. The van der Waals surface area contributed by atoms with Gasteiger partial charge < -0.3 is 9.84 Å². The number of phenols is 1. The minimum Gasteiger partial charge on any atom is -0.508 e. The van der Waals surface area contributed by atoms with Gasteiger partial charge in [0.2, 0.25) is 0 Å². The standard InChI is InChI=1S/C16H16ClNO4/c1-2-3-9-22-15-10-11(19)7-8-12(15)13-5-4-6-14(17)16(13)18(20)21/h4-8,10,19H,2-3,9H2,1H3. The molecular formula is C16H16ClNO4. The van der Waals surface area contributed by atoms with Gasteiger partial charge in [0.25, 0.3) is 5.69 Å². The predicted molar refractivity (Wildman–Crippen MR) is 85.6 cm³/mol. The van der Waals surface area contributed by atoms with Crippen molar-refractivity contribution < 1.29 is 14.8 Å². The summed E-state index contributed by atoms with van der Waals surface area (Å²) in [4.78, 5) is 10.8. The Kier molecular flexibility index (Phi) is 5.22. The molecule has 0 spiro atoms. The molecule has 0 aliphatic carbocycles. The van der Waals surface area contributed by atoms with Gasteiger partial charge >= 0.3 is 0 Å². The van der Waals surface area contributed by atoms with Crippen LogP contribution in [0.25, 0.3) is 11.1 Å². The summed E-state index contributed by atoms with van der Waals surface area (Å²) in [5, 5.41) is 21.0. The van der Waals surface area contributed by atoms with Crippen molar-refractivity contribution in [3.05, 3.63) is 51.5 Å². The van der Waals surface area contributed by atoms with Crippen LogP contribution in [0.15, 0.2) is 36.4 Å². The van der Waals surface area contributed by atoms with E-state index in [1.165, 1.54) is 18.2 Å². The van der Waals surface area contributed by atoms with Crippen LogP contribution in [0.2, 0.25) is 5.02 Å². The largest absolute Gasteiger partial charge is 0.508 e. The van der Waals surface area contributed by atoms with Crippen molar-refractivity contribution in [2.45, 2.75) is 19.8 Å². The van der Waals surface area contributed by atoms with Gasteiger partial charge in [-0.1, -0.05) is 31.0 Å². The number of para-hydroxylation sites is 1. The van der Waals surface area contributed by atoms with E-state index in [0.29, 0.717) is 23.5 Å². The zero-order chi connectivity index (χ0) is 16.1. The molecular weight excluding hydrogens is 306 g/mol. The second-order valence-corrected chi connectivity index (χ2v) is 5.18. The van der Waals surface area contributed by atoms with E-state index in [-0.39, 0.29) is 16.5 Å². The molecule has 0 aliphatic heterocycles. The average molecular weight is 322 g/mol. The van der Waals surface area contributed by atoms with E-state index in [1.807, 2.05) is 6.92 Å². The Balaban J connectivity index is 2.53. The number of hydrogen-bond acceptors (Lipinski definition) is 4. The number of nitro groups is 1. The first-order valence-electron chi connectivity index (χ1n) is 6.93. The van der Waals surface area contributed by atoms with Crippen molar-refractivity contribution in [3.63, 3.8) is 0 Å². The van der Waals surface area contributed by atoms with E-state index in [4.69, 9.17) is 16.3 Å². The van der Waals surface area contributed by atoms with Crippen LogP contribution in [0, 0.1) is 10.1 Å². The number of unbranched alkanes of at least 4 members (excludes halogenated alkanes) is 1. The lowest BCUT2D eigenvalue weighted by atomic mass is 10.0. The summed E-state index contributed by atoms with van der Waals surface area (Å²) in [6.07, 6.45) is 1.82. The molecule has 0 amide bonds. The molecule has 2 aromatic carbocycles. The lowest BCUT2D eigenvalue weighted by Gasteiger charge is -2.12. The minimum atomic E-state index is -0.514. The summed E-state index contributed by atoms with van der Waals surface area (Å²) in [5.74, 6) is 0.443. The Morgan fingerprint density at radius 3 is 2.73 bits per heavy atom. The molecule has 1 N–H and O–H groups in total. The van der Waals surface area contributed by atoms with Crippen LogP contribution in [0.5, 0.6) is 11.5 Å². The molecule has 2 aromatic rings. The first-order valence-corrected chi connectivity index (χ1v) is 7.31. The molecule has 2 rings (SSSR count). The summed E-state index contributed by atoms with van der Waals surface area (Å²) in [5.41, 5.74) is 0.724. The van der Waals surface area contributed by atoms with E-state index in [2.05, 4.69) is 0 Å². The highest BCUT2D eigenvalue weighted by molar-refractivity contribution is 6.33. The fourth-order valence-corrected chi connectivity index (χ4v) is 2.34. The summed E-state index contributed by atoms with van der Waals surface area (Å²) in [7, 11) is 0. The number of benzene rings is 2. The van der Waals surface area contributed by atoms with Gasteiger partial charge in [0, 0.05) is 11.6 Å². The maximum Gasteiger partial charge on any atom is 0.295 e. The normalized spacial score (nSPS) is 10.5. The fourth-order valence-electron chi connectivity index (χ4n) is 2.10. The van der Waals surface area contributed by atoms with Crippen molar-refractivity contribution in [2.75, 3.05) is 6.61 Å². The van der Waals surface area contributed by atoms with Gasteiger partial charge in [-0.3, -0.25) is 10.1 Å². The van der Waals surface area contributed by atoms with Crippen LogP contribution >= 0.6 is 11.6 Å². The molecule has 0 saturated carbocycles. The number of ether oxygens (including phenoxy) is 1. The van der Waals surface area contributed by atoms with Gasteiger partial charge in [0.1, 0.15) is 16.5 Å². The molecule has 0 radical (unpaired) electrons. The molecule has 116 valence electrons. The fraction of sp³-hybridized carbons (Fsp3) is 0.250. The van der Waals surface area contributed by atoms with Crippen molar-refractivity contribution in [1.82, 2.24) is 0 Å². The Labute approximate surface area is 133 Å². The number of nitrogens with zero attached hydrogens (tertiary/aromatic N) is 1. The third-order valence-corrected chi connectivity index (χ3v) is 3.49. The summed E-state index contributed by atoms with van der Waals surface area (Å²) in [6.45, 7) is 2.51. The number of phenolic OH excluding ortho intramolecular Hbond substituents is 1. The molecule has 0 saturated heterocycles. The van der Waals surface area contributed by atoms with E-state index < -0.39 is 4.92 Å². The van der Waals surface area contributed by atoms with Gasteiger partial charge in [-0.05, 0) is 30.7 Å². The molecule has 0 atom stereocenters. The summed E-state index contributed by atoms with van der Waals surface area (Å²) < 4.78 is 5.66. The lowest BCUT2D eigenvalue weighted by Crippen LogP contribution is -1.99. The topological polar surface area (TPSA) is 72.6 Å². The summed E-state index contributed by atoms with van der Waals surface area (Å²) >= 11 is 5.95. The number of aromatic hydroxyl groups is 1. The quantitative estimate of drug-likeness (QED) is 0.471. The van der Waals surface area contributed by atoms with E-state index in [0.717, 1.165) is 12.8 Å². The molecule has 0 aliphatic rings. The maximum atomic E-state index is 11.3. The number of hydrogen-bond donors (Lipinski definition) is 1.